The van der Waals surface area contributed by atoms with E-state index in [1.807, 2.05) is 0 Å². The van der Waals surface area contributed by atoms with Crippen LogP contribution in [-0.4, -0.2) is 62.8 Å². The fraction of sp³-hybridized carbons (Fsp3) is 0.667. The summed E-state index contributed by atoms with van der Waals surface area (Å²) >= 11 is 0. The molecule has 2 heterocycles. The summed E-state index contributed by atoms with van der Waals surface area (Å²) in [6, 6.07) is 1.09. The molecular formula is C15H25N2O15P3. The van der Waals surface area contributed by atoms with Crippen molar-refractivity contribution in [1.82, 2.24) is 9.55 Å². The van der Waals surface area contributed by atoms with Crippen LogP contribution in [0.25, 0.3) is 0 Å². The van der Waals surface area contributed by atoms with Gasteiger partial charge in [0.05, 0.1) is 6.61 Å². The summed E-state index contributed by atoms with van der Waals surface area (Å²) in [5, 5.41) is 0. The summed E-state index contributed by atoms with van der Waals surface area (Å²) in [6.07, 6.45) is -1.97. The molecule has 0 saturated carbocycles. The maximum Gasteiger partial charge on any atom is 0.492 e. The first-order chi connectivity index (χ1) is 16.3. The molecule has 0 aromatic carbocycles. The summed E-state index contributed by atoms with van der Waals surface area (Å²) in [6.45, 7) is 0.504. The van der Waals surface area contributed by atoms with Crippen molar-refractivity contribution in [1.29, 1.82) is 0 Å². The Labute approximate surface area is 198 Å². The molecule has 5 atom stereocenters. The molecule has 0 spiro atoms. The highest BCUT2D eigenvalue weighted by atomic mass is 31.3. The minimum atomic E-state index is -4.89. The number of nitrogens with one attached hydrogen (secondary N) is 1. The fourth-order valence-electron chi connectivity index (χ4n) is 2.75. The van der Waals surface area contributed by atoms with Crippen LogP contribution in [0, 0.1) is 0 Å². The van der Waals surface area contributed by atoms with Gasteiger partial charge in [-0.15, -0.1) is 0 Å². The first kappa shape index (κ1) is 29.7. The molecule has 2 rings (SSSR count). The molecular weight excluding hydrogens is 541 g/mol. The van der Waals surface area contributed by atoms with Gasteiger partial charge in [0.15, 0.2) is 0 Å². The highest BCUT2D eigenvalue weighted by Crippen LogP contribution is 2.72. The Bertz CT molecular complexity index is 1140. The normalized spacial score (nSPS) is 24.0. The minimum Gasteiger partial charge on any atom is -0.460 e. The van der Waals surface area contributed by atoms with E-state index < -0.39 is 65.7 Å². The number of hydrogen-bond acceptors (Lipinski definition) is 15. The van der Waals surface area contributed by atoms with E-state index in [-0.39, 0.29) is 6.42 Å². The van der Waals surface area contributed by atoms with Crippen molar-refractivity contribution >= 4 is 29.4 Å². The second-order valence-corrected chi connectivity index (χ2v) is 12.3. The van der Waals surface area contributed by atoms with Crippen molar-refractivity contribution < 1.29 is 59.2 Å². The predicted molar refractivity (Wildman–Crippen MR) is 114 cm³/mol. The van der Waals surface area contributed by atoms with Gasteiger partial charge in [-0.2, -0.15) is 8.62 Å². The van der Waals surface area contributed by atoms with E-state index in [0.29, 0.717) is 0 Å². The number of rotatable bonds is 13. The monoisotopic (exact) mass is 566 g/mol. The van der Waals surface area contributed by atoms with Crippen LogP contribution in [0.5, 0.6) is 0 Å². The smallest absolute Gasteiger partial charge is 0.460 e. The van der Waals surface area contributed by atoms with Gasteiger partial charge >= 0.3 is 35.1 Å². The van der Waals surface area contributed by atoms with Gasteiger partial charge in [0, 0.05) is 54.0 Å². The van der Waals surface area contributed by atoms with Crippen LogP contribution in [-0.2, 0) is 59.2 Å². The van der Waals surface area contributed by atoms with Crippen LogP contribution >= 0.6 is 23.5 Å². The van der Waals surface area contributed by atoms with Gasteiger partial charge in [0.2, 0.25) is 0 Å². The number of hydrogen-bond donors (Lipinski definition) is 1. The van der Waals surface area contributed by atoms with Gasteiger partial charge in [-0.05, 0) is 0 Å². The second-order valence-electron chi connectivity index (χ2n) is 6.56. The fourth-order valence-corrected chi connectivity index (χ4v) is 7.21. The Kier molecular flexibility index (Phi) is 10.3. The SMILES string of the molecule is COP(=O)(OC)OP(=O)(OC)OP(=O)(OC)OC[C@H]1O[C@@H](n2ccc(=O)[nH]c2=O)CC1OC(C)=O. The highest BCUT2D eigenvalue weighted by molar-refractivity contribution is 7.67. The lowest BCUT2D eigenvalue weighted by Crippen LogP contribution is -2.32. The Morgan fingerprint density at radius 2 is 1.60 bits per heavy atom. The number of aromatic amines is 1. The van der Waals surface area contributed by atoms with Crippen LogP contribution in [0.2, 0.25) is 0 Å². The maximum atomic E-state index is 12.9. The number of phosphoric ester groups is 2. The largest absolute Gasteiger partial charge is 0.492 e. The Morgan fingerprint density at radius 3 is 2.11 bits per heavy atom. The van der Waals surface area contributed by atoms with Crippen LogP contribution in [0.1, 0.15) is 19.6 Å². The van der Waals surface area contributed by atoms with Gasteiger partial charge < -0.3 is 9.47 Å². The molecule has 1 N–H and O–H groups in total. The number of H-pyrrole nitrogens is 1. The topological polar surface area (TPSA) is 206 Å². The number of carbonyl (C=O) groups excluding carboxylic acids is 1. The van der Waals surface area contributed by atoms with E-state index in [1.165, 1.54) is 6.20 Å². The molecule has 17 nitrogen and oxygen atoms in total. The molecule has 1 saturated heterocycles. The standard InChI is InChI=1S/C15H25N2O15P3/c1-10(18)29-11-8-14(17-7-6-13(19)16-15(17)20)30-12(11)9-28-34(22,26-4)32-35(23,27-5)31-33(21,24-2)25-3/h6-7,11-12,14H,8-9H2,1-5H3,(H,16,19,20)/t11?,12-,14-,34?,35?/m1/s1. The van der Waals surface area contributed by atoms with Crippen molar-refractivity contribution in [2.45, 2.75) is 31.8 Å². The quantitative estimate of drug-likeness (QED) is 0.266. The third-order valence-electron chi connectivity index (χ3n) is 4.35. The van der Waals surface area contributed by atoms with Crippen LogP contribution in [0.3, 0.4) is 0 Å². The average Bonchev–Trinajstić information content (AvgIpc) is 3.19. The number of aromatic nitrogens is 2. The van der Waals surface area contributed by atoms with Crippen molar-refractivity contribution in [3.8, 4) is 0 Å². The maximum absolute atomic E-state index is 12.9. The summed E-state index contributed by atoms with van der Waals surface area (Å²) in [7, 11) is -10.5. The molecule has 1 fully saturated rings. The molecule has 0 radical (unpaired) electrons. The average molecular weight is 566 g/mol. The number of ether oxygens (including phenoxy) is 2. The lowest BCUT2D eigenvalue weighted by molar-refractivity contribution is -0.150. The number of nitrogens with zero attached hydrogens (tertiary/aromatic N) is 1. The Balaban J connectivity index is 2.20. The number of phosphoric acid groups is 3. The van der Waals surface area contributed by atoms with E-state index in [9.17, 15) is 28.1 Å². The molecule has 35 heavy (non-hydrogen) atoms. The van der Waals surface area contributed by atoms with E-state index in [1.54, 1.807) is 0 Å². The van der Waals surface area contributed by atoms with Crippen LogP contribution < -0.4 is 11.2 Å². The van der Waals surface area contributed by atoms with Crippen molar-refractivity contribution in [3.05, 3.63) is 33.1 Å². The van der Waals surface area contributed by atoms with E-state index in [4.69, 9.17) is 18.3 Å². The molecule has 200 valence electrons. The molecule has 0 bridgehead atoms. The Morgan fingerprint density at radius 1 is 1.03 bits per heavy atom. The van der Waals surface area contributed by atoms with Gasteiger partial charge in [-0.25, -0.2) is 18.5 Å². The van der Waals surface area contributed by atoms with Crippen molar-refractivity contribution in [2.75, 3.05) is 35.0 Å². The third-order valence-corrected chi connectivity index (χ3v) is 9.80. The van der Waals surface area contributed by atoms with Gasteiger partial charge in [-0.1, -0.05) is 0 Å². The lowest BCUT2D eigenvalue weighted by Gasteiger charge is -2.24. The molecule has 1 aliphatic rings. The first-order valence-electron chi connectivity index (χ1n) is 9.56. The second kappa shape index (κ2) is 12.2. The van der Waals surface area contributed by atoms with E-state index in [0.717, 1.165) is 46.0 Å². The predicted octanol–water partition coefficient (Wildman–Crippen LogP) is 1.72. The molecule has 1 aliphatic heterocycles. The first-order valence-corrected chi connectivity index (χ1v) is 13.9. The lowest BCUT2D eigenvalue weighted by atomic mass is 10.2. The summed E-state index contributed by atoms with van der Waals surface area (Å²) in [5.74, 6) is -0.684. The zero-order valence-corrected chi connectivity index (χ0v) is 21.9. The van der Waals surface area contributed by atoms with Crippen molar-refractivity contribution in [2.24, 2.45) is 0 Å². The van der Waals surface area contributed by atoms with Crippen LogP contribution in [0.4, 0.5) is 0 Å². The molecule has 20 heteroatoms. The summed E-state index contributed by atoms with van der Waals surface area (Å²) in [5.41, 5.74) is -1.41. The highest BCUT2D eigenvalue weighted by Gasteiger charge is 2.47. The van der Waals surface area contributed by atoms with Gasteiger partial charge in [0.1, 0.15) is 18.4 Å². The minimum absolute atomic E-state index is 0.0395. The number of carbonyl (C=O) groups is 1. The molecule has 1 aromatic rings. The molecule has 0 aliphatic carbocycles. The Hall–Kier alpha value is -1.48. The third kappa shape index (κ3) is 8.00. The zero-order chi connectivity index (χ0) is 26.4. The zero-order valence-electron chi connectivity index (χ0n) is 19.2. The van der Waals surface area contributed by atoms with E-state index in [2.05, 4.69) is 27.4 Å². The van der Waals surface area contributed by atoms with Crippen LogP contribution in [0.15, 0.2) is 21.9 Å². The summed E-state index contributed by atoms with van der Waals surface area (Å²) in [4.78, 5) is 37.0. The van der Waals surface area contributed by atoms with Gasteiger partial charge in [0.25, 0.3) is 5.56 Å². The number of esters is 1. The molecule has 3 unspecified atom stereocenters. The van der Waals surface area contributed by atoms with Gasteiger partial charge in [-0.3, -0.25) is 41.8 Å². The molecule has 1 aromatic heterocycles. The molecule has 0 amide bonds. The van der Waals surface area contributed by atoms with E-state index >= 15 is 0 Å². The summed E-state index contributed by atoms with van der Waals surface area (Å²) < 4.78 is 82.4. The van der Waals surface area contributed by atoms with Crippen molar-refractivity contribution in [3.63, 3.8) is 0 Å².